The van der Waals surface area contributed by atoms with Crippen LogP contribution < -0.4 is 10.5 Å². The number of benzene rings is 1. The topological polar surface area (TPSA) is 35.2 Å². The Morgan fingerprint density at radius 3 is 2.64 bits per heavy atom. The van der Waals surface area contributed by atoms with Gasteiger partial charge in [0.05, 0.1) is 22.3 Å². The van der Waals surface area contributed by atoms with Crippen LogP contribution in [0.4, 0.5) is 5.69 Å². The Kier molecular flexibility index (Phi) is 2.62. The zero-order valence-electron chi connectivity index (χ0n) is 5.90. The second-order valence-corrected chi connectivity index (χ2v) is 3.21. The number of halogens is 2. The monoisotopic (exact) mass is 235 g/mol. The number of nitrogens with two attached hydrogens (primary N) is 1. The quantitative estimate of drug-likeness (QED) is 0.761. The second kappa shape index (κ2) is 3.32. The molecule has 1 aromatic carbocycles. The maximum absolute atomic E-state index is 5.79. The molecule has 1 aromatic rings. The molecule has 2 nitrogen and oxygen atoms in total. The van der Waals surface area contributed by atoms with Gasteiger partial charge in [0.25, 0.3) is 0 Å². The van der Waals surface area contributed by atoms with E-state index < -0.39 is 0 Å². The minimum atomic E-state index is 0.557. The summed E-state index contributed by atoms with van der Waals surface area (Å²) in [6.07, 6.45) is 0. The maximum Gasteiger partial charge on any atom is 0.122 e. The number of nitrogen functional groups attached to an aromatic ring is 1. The molecule has 0 radical (unpaired) electrons. The van der Waals surface area contributed by atoms with Crippen molar-refractivity contribution in [3.05, 3.63) is 21.6 Å². The van der Waals surface area contributed by atoms with Gasteiger partial charge in [-0.2, -0.15) is 0 Å². The van der Waals surface area contributed by atoms with E-state index in [4.69, 9.17) is 22.1 Å². The molecule has 0 amide bonds. The van der Waals surface area contributed by atoms with Crippen LogP contribution in [0.25, 0.3) is 0 Å². The molecule has 1 rings (SSSR count). The molecule has 0 spiro atoms. The first-order chi connectivity index (χ1) is 5.15. The zero-order valence-corrected chi connectivity index (χ0v) is 8.24. The molecule has 0 atom stereocenters. The molecule has 0 saturated heterocycles. The summed E-state index contributed by atoms with van der Waals surface area (Å²) < 4.78 is 5.65. The summed E-state index contributed by atoms with van der Waals surface area (Å²) in [6, 6.07) is 3.40. The summed E-state index contributed by atoms with van der Waals surface area (Å²) in [4.78, 5) is 0. The van der Waals surface area contributed by atoms with Gasteiger partial charge in [0, 0.05) is 12.1 Å². The van der Waals surface area contributed by atoms with Crippen molar-refractivity contribution in [3.8, 4) is 5.75 Å². The molecule has 0 bridgehead atoms. The average molecular weight is 236 g/mol. The largest absolute Gasteiger partial charge is 0.497 e. The van der Waals surface area contributed by atoms with Gasteiger partial charge in [-0.25, -0.2) is 0 Å². The van der Waals surface area contributed by atoms with Crippen molar-refractivity contribution in [3.63, 3.8) is 0 Å². The average Bonchev–Trinajstić information content (AvgIpc) is 1.99. The van der Waals surface area contributed by atoms with Crippen LogP contribution in [0.2, 0.25) is 5.02 Å². The number of anilines is 1. The van der Waals surface area contributed by atoms with E-state index in [0.29, 0.717) is 20.9 Å². The minimum Gasteiger partial charge on any atom is -0.497 e. The summed E-state index contributed by atoms with van der Waals surface area (Å²) in [5, 5.41) is 0.557. The van der Waals surface area contributed by atoms with E-state index in [0.717, 1.165) is 0 Å². The molecule has 0 fully saturated rings. The molecule has 0 aliphatic rings. The van der Waals surface area contributed by atoms with Gasteiger partial charge < -0.3 is 10.5 Å². The molecule has 4 heteroatoms. The van der Waals surface area contributed by atoms with Gasteiger partial charge in [-0.3, -0.25) is 0 Å². The van der Waals surface area contributed by atoms with Crippen LogP contribution in [-0.4, -0.2) is 7.11 Å². The third-order valence-corrected chi connectivity index (χ3v) is 2.68. The fraction of sp³-hybridized carbons (Fsp3) is 0.143. The molecule has 0 heterocycles. The molecule has 0 aromatic heterocycles. The minimum absolute atomic E-state index is 0.557. The number of methoxy groups -OCH3 is 1. The molecule has 0 aliphatic heterocycles. The number of ether oxygens (including phenoxy) is 1. The Balaban J connectivity index is 3.21. The van der Waals surface area contributed by atoms with Crippen molar-refractivity contribution in [2.24, 2.45) is 0 Å². The Morgan fingerprint density at radius 1 is 1.55 bits per heavy atom. The van der Waals surface area contributed by atoms with Crippen LogP contribution in [-0.2, 0) is 0 Å². The highest BCUT2D eigenvalue weighted by atomic mass is 79.9. The summed E-state index contributed by atoms with van der Waals surface area (Å²) in [5.41, 5.74) is 6.16. The third-order valence-electron chi connectivity index (χ3n) is 1.27. The Hall–Kier alpha value is -0.410. The first kappa shape index (κ1) is 8.68. The van der Waals surface area contributed by atoms with Gasteiger partial charge in [0.15, 0.2) is 0 Å². The van der Waals surface area contributed by atoms with Crippen molar-refractivity contribution in [2.45, 2.75) is 0 Å². The lowest BCUT2D eigenvalue weighted by Crippen LogP contribution is -1.89. The maximum atomic E-state index is 5.79. The second-order valence-electron chi connectivity index (χ2n) is 2.01. The first-order valence-electron chi connectivity index (χ1n) is 2.93. The van der Waals surface area contributed by atoms with E-state index in [9.17, 15) is 0 Å². The van der Waals surface area contributed by atoms with Crippen LogP contribution in [0, 0.1) is 0 Å². The van der Waals surface area contributed by atoms with Crippen molar-refractivity contribution in [2.75, 3.05) is 12.8 Å². The van der Waals surface area contributed by atoms with Gasteiger partial charge in [-0.1, -0.05) is 11.6 Å². The van der Waals surface area contributed by atoms with E-state index in [1.807, 2.05) is 0 Å². The molecular weight excluding hydrogens is 229 g/mol. The summed E-state index contributed by atoms with van der Waals surface area (Å²) >= 11 is 9.02. The number of hydrogen-bond acceptors (Lipinski definition) is 2. The third kappa shape index (κ3) is 1.79. The van der Waals surface area contributed by atoms with E-state index in [-0.39, 0.29) is 0 Å². The lowest BCUT2D eigenvalue weighted by atomic mass is 10.3. The van der Waals surface area contributed by atoms with Gasteiger partial charge in [0.2, 0.25) is 0 Å². The Morgan fingerprint density at radius 2 is 2.18 bits per heavy atom. The molecular formula is C7H7BrClNO. The molecule has 0 unspecified atom stereocenters. The van der Waals surface area contributed by atoms with Gasteiger partial charge in [-0.15, -0.1) is 0 Å². The highest BCUT2D eigenvalue weighted by Crippen LogP contribution is 2.32. The van der Waals surface area contributed by atoms with E-state index in [1.54, 1.807) is 19.2 Å². The van der Waals surface area contributed by atoms with Crippen LogP contribution >= 0.6 is 27.5 Å². The van der Waals surface area contributed by atoms with Crippen LogP contribution in [0.15, 0.2) is 16.6 Å². The summed E-state index contributed by atoms with van der Waals surface area (Å²) in [5.74, 6) is 0.663. The fourth-order valence-electron chi connectivity index (χ4n) is 0.702. The lowest BCUT2D eigenvalue weighted by molar-refractivity contribution is 0.415. The van der Waals surface area contributed by atoms with Gasteiger partial charge >= 0.3 is 0 Å². The molecule has 0 aliphatic carbocycles. The molecule has 2 N–H and O–H groups in total. The standard InChI is InChI=1S/C7H7BrClNO/c1-11-4-2-5(9)7(8)6(10)3-4/h2-3H,10H2,1H3. The van der Waals surface area contributed by atoms with Crippen LogP contribution in [0.5, 0.6) is 5.75 Å². The van der Waals surface area contributed by atoms with Gasteiger partial charge in [0.1, 0.15) is 5.75 Å². The Bertz CT molecular complexity index is 254. The van der Waals surface area contributed by atoms with Crippen LogP contribution in [0.3, 0.4) is 0 Å². The predicted octanol–water partition coefficient (Wildman–Crippen LogP) is 2.69. The summed E-state index contributed by atoms with van der Waals surface area (Å²) in [7, 11) is 1.57. The first-order valence-corrected chi connectivity index (χ1v) is 4.10. The predicted molar refractivity (Wildman–Crippen MR) is 50.1 cm³/mol. The molecule has 60 valence electrons. The highest BCUT2D eigenvalue weighted by molar-refractivity contribution is 9.10. The van der Waals surface area contributed by atoms with E-state index in [1.165, 1.54) is 0 Å². The lowest BCUT2D eigenvalue weighted by Gasteiger charge is -2.04. The molecule has 11 heavy (non-hydrogen) atoms. The fourth-order valence-corrected chi connectivity index (χ4v) is 1.15. The van der Waals surface area contributed by atoms with E-state index in [2.05, 4.69) is 15.9 Å². The SMILES string of the molecule is COc1cc(N)c(Br)c(Cl)c1. The van der Waals surface area contributed by atoms with Crippen molar-refractivity contribution < 1.29 is 4.74 Å². The van der Waals surface area contributed by atoms with Crippen molar-refractivity contribution >= 4 is 33.2 Å². The Labute approximate surface area is 78.4 Å². The zero-order chi connectivity index (χ0) is 8.43. The van der Waals surface area contributed by atoms with Gasteiger partial charge in [-0.05, 0) is 15.9 Å². The normalized spacial score (nSPS) is 9.73. The number of rotatable bonds is 1. The smallest absolute Gasteiger partial charge is 0.122 e. The van der Waals surface area contributed by atoms with E-state index >= 15 is 0 Å². The van der Waals surface area contributed by atoms with Crippen LogP contribution in [0.1, 0.15) is 0 Å². The highest BCUT2D eigenvalue weighted by Gasteiger charge is 2.03. The van der Waals surface area contributed by atoms with Crippen molar-refractivity contribution in [1.82, 2.24) is 0 Å². The number of hydrogen-bond donors (Lipinski definition) is 1. The van der Waals surface area contributed by atoms with Crippen molar-refractivity contribution in [1.29, 1.82) is 0 Å². The molecule has 0 saturated carbocycles. The summed E-state index contributed by atoms with van der Waals surface area (Å²) in [6.45, 7) is 0.